The highest BCUT2D eigenvalue weighted by Gasteiger charge is 2.11. The second-order valence-corrected chi connectivity index (χ2v) is 6.15. The van der Waals surface area contributed by atoms with Gasteiger partial charge in [-0.05, 0) is 55.7 Å². The number of hydrogen-bond donors (Lipinski definition) is 2. The lowest BCUT2D eigenvalue weighted by Gasteiger charge is -2.28. The molecule has 0 radical (unpaired) electrons. The maximum Gasteiger partial charge on any atom is 0.243 e. The minimum Gasteiger partial charge on any atom is -0.376 e. The number of amides is 1. The Balaban J connectivity index is 1.52. The second-order valence-electron chi connectivity index (χ2n) is 6.15. The van der Waals surface area contributed by atoms with Crippen molar-refractivity contribution in [3.63, 3.8) is 0 Å². The van der Waals surface area contributed by atoms with Gasteiger partial charge in [-0.25, -0.2) is 0 Å². The number of nitrogens with one attached hydrogen (secondary N) is 2. The molecule has 0 saturated carbocycles. The first kappa shape index (κ1) is 16.8. The molecule has 1 aliphatic heterocycles. The van der Waals surface area contributed by atoms with Crippen molar-refractivity contribution in [3.8, 4) is 6.07 Å². The van der Waals surface area contributed by atoms with E-state index in [9.17, 15) is 4.79 Å². The zero-order chi connectivity index (χ0) is 17.5. The quantitative estimate of drug-likeness (QED) is 0.877. The first-order valence-electron chi connectivity index (χ1n) is 8.64. The Morgan fingerprint density at radius 2 is 1.76 bits per heavy atom. The summed E-state index contributed by atoms with van der Waals surface area (Å²) in [4.78, 5) is 14.5. The summed E-state index contributed by atoms with van der Waals surface area (Å²) in [5.74, 6) is -0.178. The Labute approximate surface area is 148 Å². The highest BCUT2D eigenvalue weighted by molar-refractivity contribution is 5.94. The molecule has 1 amide bonds. The molecule has 0 bridgehead atoms. The van der Waals surface area contributed by atoms with Gasteiger partial charge in [-0.15, -0.1) is 0 Å². The lowest BCUT2D eigenvalue weighted by molar-refractivity contribution is -0.114. The van der Waals surface area contributed by atoms with Crippen molar-refractivity contribution in [2.45, 2.75) is 19.3 Å². The van der Waals surface area contributed by atoms with Gasteiger partial charge in [0.2, 0.25) is 5.91 Å². The molecule has 2 aromatic rings. The molecule has 0 spiro atoms. The van der Waals surface area contributed by atoms with Crippen LogP contribution in [0.1, 0.15) is 24.8 Å². The normalized spacial score (nSPS) is 13.8. The highest BCUT2D eigenvalue weighted by Crippen LogP contribution is 2.21. The van der Waals surface area contributed by atoms with Gasteiger partial charge in [-0.3, -0.25) is 4.79 Å². The van der Waals surface area contributed by atoms with Crippen LogP contribution >= 0.6 is 0 Å². The van der Waals surface area contributed by atoms with Gasteiger partial charge in [0.1, 0.15) is 6.07 Å². The monoisotopic (exact) mass is 334 g/mol. The SMILES string of the molecule is N#Cc1ccccc1NC(=O)CNc1ccc(N2CCCCC2)cc1. The minimum atomic E-state index is -0.178. The maximum atomic E-state index is 12.1. The number of carbonyl (C=O) groups is 1. The van der Waals surface area contributed by atoms with Gasteiger partial charge in [-0.2, -0.15) is 5.26 Å². The predicted molar refractivity (Wildman–Crippen MR) is 101 cm³/mol. The molecule has 0 unspecified atom stereocenters. The molecule has 1 aliphatic rings. The molecule has 0 aliphatic carbocycles. The molecule has 1 saturated heterocycles. The molecule has 5 nitrogen and oxygen atoms in total. The van der Waals surface area contributed by atoms with Crippen LogP contribution in [-0.2, 0) is 4.79 Å². The third kappa shape index (κ3) is 4.51. The van der Waals surface area contributed by atoms with Crippen LogP contribution in [0.5, 0.6) is 0 Å². The Morgan fingerprint density at radius 1 is 1.04 bits per heavy atom. The van der Waals surface area contributed by atoms with E-state index in [2.05, 4.69) is 33.7 Å². The fourth-order valence-corrected chi connectivity index (χ4v) is 3.01. The molecule has 25 heavy (non-hydrogen) atoms. The summed E-state index contributed by atoms with van der Waals surface area (Å²) in [6.07, 6.45) is 3.83. The average molecular weight is 334 g/mol. The number of hydrogen-bond acceptors (Lipinski definition) is 4. The van der Waals surface area contributed by atoms with Crippen molar-refractivity contribution in [3.05, 3.63) is 54.1 Å². The van der Waals surface area contributed by atoms with Crippen LogP contribution in [0.25, 0.3) is 0 Å². The maximum absolute atomic E-state index is 12.1. The van der Waals surface area contributed by atoms with Gasteiger partial charge in [0.15, 0.2) is 0 Å². The van der Waals surface area contributed by atoms with E-state index in [-0.39, 0.29) is 12.5 Å². The fourth-order valence-electron chi connectivity index (χ4n) is 3.01. The van der Waals surface area contributed by atoms with Crippen LogP contribution in [0, 0.1) is 11.3 Å². The molecule has 1 fully saturated rings. The predicted octanol–water partition coefficient (Wildman–Crippen LogP) is 3.60. The van der Waals surface area contributed by atoms with Crippen LogP contribution in [-0.4, -0.2) is 25.5 Å². The van der Waals surface area contributed by atoms with Crippen molar-refractivity contribution in [1.82, 2.24) is 0 Å². The number of para-hydroxylation sites is 1. The standard InChI is InChI=1S/C20H22N4O/c21-14-16-6-2-3-7-19(16)23-20(25)15-22-17-8-10-18(11-9-17)24-12-4-1-5-13-24/h2-3,6-11,22H,1,4-5,12-13,15H2,(H,23,25). The van der Waals surface area contributed by atoms with Crippen LogP contribution in [0.4, 0.5) is 17.1 Å². The minimum absolute atomic E-state index is 0.156. The van der Waals surface area contributed by atoms with Crippen LogP contribution in [0.2, 0.25) is 0 Å². The molecule has 2 aromatic carbocycles. The van der Waals surface area contributed by atoms with Crippen molar-refractivity contribution < 1.29 is 4.79 Å². The number of rotatable bonds is 5. The van der Waals surface area contributed by atoms with E-state index < -0.39 is 0 Å². The van der Waals surface area contributed by atoms with Gasteiger partial charge in [0.05, 0.1) is 17.8 Å². The van der Waals surface area contributed by atoms with E-state index in [4.69, 9.17) is 5.26 Å². The summed E-state index contributed by atoms with van der Waals surface area (Å²) in [5, 5.41) is 14.9. The zero-order valence-corrected chi connectivity index (χ0v) is 14.2. The molecule has 0 aromatic heterocycles. The molecule has 5 heteroatoms. The van der Waals surface area contributed by atoms with E-state index in [1.165, 1.54) is 24.9 Å². The van der Waals surface area contributed by atoms with Gasteiger partial charge < -0.3 is 15.5 Å². The lowest BCUT2D eigenvalue weighted by Crippen LogP contribution is -2.29. The first-order valence-corrected chi connectivity index (χ1v) is 8.64. The number of benzene rings is 2. The van der Waals surface area contributed by atoms with Gasteiger partial charge in [0.25, 0.3) is 0 Å². The number of carbonyl (C=O) groups excluding carboxylic acids is 1. The summed E-state index contributed by atoms with van der Waals surface area (Å²) in [7, 11) is 0. The van der Waals surface area contributed by atoms with E-state index >= 15 is 0 Å². The summed E-state index contributed by atoms with van der Waals surface area (Å²) >= 11 is 0. The van der Waals surface area contributed by atoms with Crippen molar-refractivity contribution in [2.24, 2.45) is 0 Å². The molecular weight excluding hydrogens is 312 g/mol. The molecule has 3 rings (SSSR count). The van der Waals surface area contributed by atoms with Crippen LogP contribution in [0.3, 0.4) is 0 Å². The van der Waals surface area contributed by atoms with Gasteiger partial charge in [-0.1, -0.05) is 12.1 Å². The summed E-state index contributed by atoms with van der Waals surface area (Å²) in [6, 6.07) is 17.2. The smallest absolute Gasteiger partial charge is 0.243 e. The largest absolute Gasteiger partial charge is 0.376 e. The third-order valence-corrected chi connectivity index (χ3v) is 4.36. The number of nitrogens with zero attached hydrogens (tertiary/aromatic N) is 2. The molecule has 1 heterocycles. The Morgan fingerprint density at radius 3 is 2.48 bits per heavy atom. The van der Waals surface area contributed by atoms with E-state index in [1.807, 2.05) is 12.1 Å². The Kier molecular flexibility index (Phi) is 5.53. The Hall–Kier alpha value is -3.00. The number of nitriles is 1. The van der Waals surface area contributed by atoms with Gasteiger partial charge >= 0.3 is 0 Å². The van der Waals surface area contributed by atoms with Crippen molar-refractivity contribution >= 4 is 23.0 Å². The van der Waals surface area contributed by atoms with Gasteiger partial charge in [0, 0.05) is 24.5 Å². The lowest BCUT2D eigenvalue weighted by atomic mass is 10.1. The van der Waals surface area contributed by atoms with E-state index in [0.717, 1.165) is 18.8 Å². The topological polar surface area (TPSA) is 68.2 Å². The van der Waals surface area contributed by atoms with E-state index in [0.29, 0.717) is 11.3 Å². The molecule has 128 valence electrons. The van der Waals surface area contributed by atoms with Crippen LogP contribution < -0.4 is 15.5 Å². The number of piperidine rings is 1. The second kappa shape index (κ2) is 8.20. The first-order chi connectivity index (χ1) is 12.3. The summed E-state index contributed by atoms with van der Waals surface area (Å²) < 4.78 is 0. The van der Waals surface area contributed by atoms with Crippen molar-refractivity contribution in [1.29, 1.82) is 5.26 Å². The van der Waals surface area contributed by atoms with Crippen molar-refractivity contribution in [2.75, 3.05) is 35.2 Å². The number of anilines is 3. The third-order valence-electron chi connectivity index (χ3n) is 4.36. The fraction of sp³-hybridized carbons (Fsp3) is 0.300. The Bertz CT molecular complexity index is 758. The summed E-state index contributed by atoms with van der Waals surface area (Å²) in [5.41, 5.74) is 3.14. The molecule has 2 N–H and O–H groups in total. The van der Waals surface area contributed by atoms with E-state index in [1.54, 1.807) is 24.3 Å². The zero-order valence-electron chi connectivity index (χ0n) is 14.2. The average Bonchev–Trinajstić information content (AvgIpc) is 2.68. The highest BCUT2D eigenvalue weighted by atomic mass is 16.1. The molecule has 0 atom stereocenters. The molecular formula is C20H22N4O. The summed E-state index contributed by atoms with van der Waals surface area (Å²) in [6.45, 7) is 2.39. The van der Waals surface area contributed by atoms with Crippen LogP contribution in [0.15, 0.2) is 48.5 Å².